The molecular weight excluding hydrogens is 286 g/mol. The molecule has 0 amide bonds. The summed E-state index contributed by atoms with van der Waals surface area (Å²) in [5.74, 6) is 0.534. The lowest BCUT2D eigenvalue weighted by Crippen LogP contribution is -1.97. The van der Waals surface area contributed by atoms with Crippen molar-refractivity contribution in [3.8, 4) is 11.3 Å². The Morgan fingerprint density at radius 3 is 2.68 bits per heavy atom. The van der Waals surface area contributed by atoms with E-state index >= 15 is 0 Å². The minimum atomic E-state index is 0.534. The molecule has 0 saturated heterocycles. The summed E-state index contributed by atoms with van der Waals surface area (Å²) in [5.41, 5.74) is 5.31. The second-order valence-electron chi connectivity index (χ2n) is 6.52. The van der Waals surface area contributed by atoms with Crippen LogP contribution in [0.2, 0.25) is 0 Å². The largest absolute Gasteiger partial charge is 0.256 e. The topological polar surface area (TPSA) is 12.9 Å². The van der Waals surface area contributed by atoms with E-state index in [1.807, 2.05) is 17.5 Å². The van der Waals surface area contributed by atoms with Crippen molar-refractivity contribution in [3.05, 3.63) is 52.5 Å². The van der Waals surface area contributed by atoms with Crippen LogP contribution in [0.4, 0.5) is 0 Å². The lowest BCUT2D eigenvalue weighted by atomic mass is 9.95. The Morgan fingerprint density at radius 1 is 1.05 bits per heavy atom. The van der Waals surface area contributed by atoms with E-state index in [4.69, 9.17) is 4.98 Å². The number of pyridine rings is 1. The van der Waals surface area contributed by atoms with Crippen molar-refractivity contribution in [3.63, 3.8) is 0 Å². The first-order valence-electron chi connectivity index (χ1n) is 8.23. The smallest absolute Gasteiger partial charge is 0.0716 e. The van der Waals surface area contributed by atoms with Gasteiger partial charge in [-0.2, -0.15) is 0 Å². The third-order valence-corrected chi connectivity index (χ3v) is 6.05. The average molecular weight is 307 g/mol. The van der Waals surface area contributed by atoms with E-state index in [2.05, 4.69) is 44.2 Å². The van der Waals surface area contributed by atoms with Crippen LogP contribution < -0.4 is 0 Å². The van der Waals surface area contributed by atoms with Crippen molar-refractivity contribution in [2.75, 3.05) is 0 Å². The second kappa shape index (κ2) is 5.51. The van der Waals surface area contributed by atoms with Crippen LogP contribution in [0.25, 0.3) is 21.3 Å². The molecule has 0 radical (unpaired) electrons. The molecule has 2 aromatic heterocycles. The summed E-state index contributed by atoms with van der Waals surface area (Å²) in [6.07, 6.45) is 7.22. The minimum Gasteiger partial charge on any atom is -0.256 e. The molecule has 4 rings (SSSR count). The first kappa shape index (κ1) is 14.0. The van der Waals surface area contributed by atoms with Gasteiger partial charge < -0.3 is 0 Å². The Bertz CT molecular complexity index is 812. The summed E-state index contributed by atoms with van der Waals surface area (Å²) in [6.45, 7) is 4.43. The van der Waals surface area contributed by atoms with Gasteiger partial charge in [0.25, 0.3) is 0 Å². The molecule has 0 atom stereocenters. The zero-order valence-electron chi connectivity index (χ0n) is 13.2. The fourth-order valence-corrected chi connectivity index (χ4v) is 4.80. The Labute approximate surface area is 136 Å². The first-order chi connectivity index (χ1) is 10.7. The van der Waals surface area contributed by atoms with Crippen molar-refractivity contribution in [1.29, 1.82) is 0 Å². The molecule has 0 unspecified atom stereocenters. The standard InChI is InChI=1S/C20H21NS/c1-13(2)14-10-11-18(21-12-14)17-8-5-7-16-15-6-3-4-9-19(15)22-20(16)17/h5,7-8,10-13H,3-4,6,9H2,1-2H3. The highest BCUT2D eigenvalue weighted by molar-refractivity contribution is 7.19. The Kier molecular flexibility index (Phi) is 3.50. The molecule has 0 N–H and O–H groups in total. The molecule has 0 saturated carbocycles. The van der Waals surface area contributed by atoms with Gasteiger partial charge in [0.2, 0.25) is 0 Å². The summed E-state index contributed by atoms with van der Waals surface area (Å²) < 4.78 is 1.43. The highest BCUT2D eigenvalue weighted by atomic mass is 32.1. The molecule has 1 nitrogen and oxygen atoms in total. The lowest BCUT2D eigenvalue weighted by molar-refractivity contribution is 0.700. The molecule has 2 heteroatoms. The van der Waals surface area contributed by atoms with Gasteiger partial charge in [-0.3, -0.25) is 4.98 Å². The molecule has 3 aromatic rings. The van der Waals surface area contributed by atoms with E-state index in [1.54, 1.807) is 10.4 Å². The summed E-state index contributed by atoms with van der Waals surface area (Å²) >= 11 is 1.99. The monoisotopic (exact) mass is 307 g/mol. The zero-order chi connectivity index (χ0) is 15.1. The van der Waals surface area contributed by atoms with Crippen molar-refractivity contribution < 1.29 is 0 Å². The quantitative estimate of drug-likeness (QED) is 0.568. The Balaban J connectivity index is 1.86. The molecule has 2 heterocycles. The van der Waals surface area contributed by atoms with Crippen molar-refractivity contribution in [1.82, 2.24) is 4.98 Å². The molecule has 112 valence electrons. The number of hydrogen-bond donors (Lipinski definition) is 0. The van der Waals surface area contributed by atoms with Crippen molar-refractivity contribution in [2.45, 2.75) is 45.4 Å². The predicted octanol–water partition coefficient (Wildman–Crippen LogP) is 5.97. The van der Waals surface area contributed by atoms with Gasteiger partial charge in [-0.25, -0.2) is 0 Å². The Hall–Kier alpha value is -1.67. The highest BCUT2D eigenvalue weighted by Crippen LogP contribution is 2.40. The lowest BCUT2D eigenvalue weighted by Gasteiger charge is -2.10. The molecular formula is C20H21NS. The number of hydrogen-bond acceptors (Lipinski definition) is 2. The van der Waals surface area contributed by atoms with Crippen LogP contribution in [0.5, 0.6) is 0 Å². The number of rotatable bonds is 2. The van der Waals surface area contributed by atoms with E-state index in [9.17, 15) is 0 Å². The van der Waals surface area contributed by atoms with Gasteiger partial charge in [-0.15, -0.1) is 11.3 Å². The van der Waals surface area contributed by atoms with Gasteiger partial charge in [0.05, 0.1) is 5.69 Å². The fraction of sp³-hybridized carbons (Fsp3) is 0.350. The molecule has 1 aromatic carbocycles. The zero-order valence-corrected chi connectivity index (χ0v) is 14.0. The van der Waals surface area contributed by atoms with Crippen LogP contribution in [0.3, 0.4) is 0 Å². The summed E-state index contributed by atoms with van der Waals surface area (Å²) in [4.78, 5) is 6.34. The van der Waals surface area contributed by atoms with Gasteiger partial charge in [0.1, 0.15) is 0 Å². The van der Waals surface area contributed by atoms with Crippen LogP contribution in [0, 0.1) is 0 Å². The first-order valence-corrected chi connectivity index (χ1v) is 9.05. The third kappa shape index (κ3) is 2.26. The van der Waals surface area contributed by atoms with Crippen LogP contribution in [0.1, 0.15) is 48.6 Å². The van der Waals surface area contributed by atoms with Crippen LogP contribution in [-0.4, -0.2) is 4.98 Å². The highest BCUT2D eigenvalue weighted by Gasteiger charge is 2.18. The summed E-state index contributed by atoms with van der Waals surface area (Å²) in [7, 11) is 0. The maximum absolute atomic E-state index is 4.73. The number of benzene rings is 1. The fourth-order valence-electron chi connectivity index (χ4n) is 3.39. The SMILES string of the molecule is CC(C)c1ccc(-c2cccc3c4c(sc23)CCCC4)nc1. The van der Waals surface area contributed by atoms with E-state index < -0.39 is 0 Å². The van der Waals surface area contributed by atoms with Gasteiger partial charge in [0.15, 0.2) is 0 Å². The molecule has 0 bridgehead atoms. The number of thiophene rings is 1. The maximum atomic E-state index is 4.73. The molecule has 1 aliphatic rings. The molecule has 22 heavy (non-hydrogen) atoms. The molecule has 1 aliphatic carbocycles. The number of nitrogens with zero attached hydrogens (tertiary/aromatic N) is 1. The van der Waals surface area contributed by atoms with E-state index in [0.717, 1.165) is 5.69 Å². The second-order valence-corrected chi connectivity index (χ2v) is 7.63. The van der Waals surface area contributed by atoms with Gasteiger partial charge in [-0.05, 0) is 54.2 Å². The van der Waals surface area contributed by atoms with E-state index in [-0.39, 0.29) is 0 Å². The summed E-state index contributed by atoms with van der Waals surface area (Å²) in [5, 5.41) is 1.46. The van der Waals surface area contributed by atoms with Gasteiger partial charge >= 0.3 is 0 Å². The Morgan fingerprint density at radius 2 is 1.91 bits per heavy atom. The average Bonchev–Trinajstić information content (AvgIpc) is 2.93. The van der Waals surface area contributed by atoms with Crippen LogP contribution in [-0.2, 0) is 12.8 Å². The molecule has 0 fully saturated rings. The van der Waals surface area contributed by atoms with Crippen molar-refractivity contribution in [2.24, 2.45) is 0 Å². The normalized spacial score (nSPS) is 14.5. The maximum Gasteiger partial charge on any atom is 0.0716 e. The summed E-state index contributed by atoms with van der Waals surface area (Å²) in [6, 6.07) is 11.1. The minimum absolute atomic E-state index is 0.534. The number of aryl methyl sites for hydroxylation is 2. The third-order valence-electron chi connectivity index (χ3n) is 4.71. The van der Waals surface area contributed by atoms with Crippen molar-refractivity contribution >= 4 is 21.4 Å². The molecule has 0 spiro atoms. The van der Waals surface area contributed by atoms with Gasteiger partial charge in [-0.1, -0.05) is 38.1 Å². The van der Waals surface area contributed by atoms with E-state index in [1.165, 1.54) is 46.9 Å². The number of aromatic nitrogens is 1. The van der Waals surface area contributed by atoms with Crippen LogP contribution in [0.15, 0.2) is 36.5 Å². The number of fused-ring (bicyclic) bond motifs is 3. The van der Waals surface area contributed by atoms with Gasteiger partial charge in [0, 0.05) is 21.3 Å². The molecule has 0 aliphatic heterocycles. The predicted molar refractivity (Wildman–Crippen MR) is 95.8 cm³/mol. The van der Waals surface area contributed by atoms with Crippen LogP contribution >= 0.6 is 11.3 Å². The van der Waals surface area contributed by atoms with E-state index in [0.29, 0.717) is 5.92 Å².